The number of amides is 2. The van der Waals surface area contributed by atoms with E-state index in [-0.39, 0.29) is 23.5 Å². The Morgan fingerprint density at radius 1 is 1.71 bits per heavy atom. The Morgan fingerprint density at radius 2 is 2.53 bits per heavy atom. The number of methoxy groups -OCH3 is 1. The van der Waals surface area contributed by atoms with E-state index in [4.69, 9.17) is 4.74 Å². The van der Waals surface area contributed by atoms with Crippen molar-refractivity contribution in [2.45, 2.75) is 11.7 Å². The quantitative estimate of drug-likeness (QED) is 0.671. The average molecular weight is 257 g/mol. The maximum absolute atomic E-state index is 11.9. The highest BCUT2D eigenvalue weighted by atomic mass is 32.2. The molecule has 0 spiro atoms. The smallest absolute Gasteiger partial charge is 0.242 e. The zero-order valence-corrected chi connectivity index (χ0v) is 10.5. The molecule has 0 aromatic rings. The Balaban J connectivity index is 1.80. The molecule has 1 fully saturated rings. The molecule has 2 aliphatic heterocycles. The summed E-state index contributed by atoms with van der Waals surface area (Å²) in [6.07, 6.45) is 0.211. The molecule has 0 unspecified atom stereocenters. The summed E-state index contributed by atoms with van der Waals surface area (Å²) in [5.74, 6) is -0.109. The van der Waals surface area contributed by atoms with Gasteiger partial charge in [-0.3, -0.25) is 19.5 Å². The molecule has 1 atom stereocenters. The van der Waals surface area contributed by atoms with Gasteiger partial charge in [-0.05, 0) is 0 Å². The van der Waals surface area contributed by atoms with Gasteiger partial charge in [0.2, 0.25) is 11.8 Å². The minimum atomic E-state index is -0.309. The van der Waals surface area contributed by atoms with E-state index < -0.39 is 0 Å². The zero-order chi connectivity index (χ0) is 12.3. The minimum absolute atomic E-state index is 0.00754. The van der Waals surface area contributed by atoms with E-state index >= 15 is 0 Å². The Bertz CT molecular complexity index is 359. The van der Waals surface area contributed by atoms with Crippen LogP contribution in [-0.2, 0) is 14.3 Å². The summed E-state index contributed by atoms with van der Waals surface area (Å²) in [6, 6.07) is 0. The van der Waals surface area contributed by atoms with Crippen LogP contribution in [0.1, 0.15) is 6.42 Å². The monoisotopic (exact) mass is 257 g/mol. The molecule has 0 saturated carbocycles. The summed E-state index contributed by atoms with van der Waals surface area (Å²) < 4.78 is 4.83. The number of thioether (sulfide) groups is 1. The second-order valence-corrected chi connectivity index (χ2v) is 4.98. The van der Waals surface area contributed by atoms with Crippen LogP contribution in [-0.4, -0.2) is 60.5 Å². The van der Waals surface area contributed by atoms with Crippen LogP contribution in [0.4, 0.5) is 0 Å². The molecule has 1 saturated heterocycles. The molecule has 2 heterocycles. The number of rotatable bonds is 5. The van der Waals surface area contributed by atoms with E-state index in [1.54, 1.807) is 12.0 Å². The van der Waals surface area contributed by atoms with Gasteiger partial charge >= 0.3 is 0 Å². The lowest BCUT2D eigenvalue weighted by atomic mass is 10.2. The predicted octanol–water partition coefficient (Wildman–Crippen LogP) is -0.547. The van der Waals surface area contributed by atoms with E-state index in [0.29, 0.717) is 26.2 Å². The van der Waals surface area contributed by atoms with E-state index in [1.165, 1.54) is 11.8 Å². The van der Waals surface area contributed by atoms with Crippen LogP contribution in [0, 0.1) is 0 Å². The molecule has 6 nitrogen and oxygen atoms in total. The second kappa shape index (κ2) is 5.50. The first kappa shape index (κ1) is 12.4. The van der Waals surface area contributed by atoms with Gasteiger partial charge in [-0.15, -0.1) is 0 Å². The van der Waals surface area contributed by atoms with Gasteiger partial charge in [0.25, 0.3) is 0 Å². The number of carbonyl (C=O) groups excluding carboxylic acids is 2. The Morgan fingerprint density at radius 3 is 3.24 bits per heavy atom. The first-order valence-electron chi connectivity index (χ1n) is 5.50. The summed E-state index contributed by atoms with van der Waals surface area (Å²) in [6.45, 7) is 2.30. The van der Waals surface area contributed by atoms with Crippen LogP contribution in [0.5, 0.6) is 0 Å². The molecular weight excluding hydrogens is 242 g/mol. The lowest BCUT2D eigenvalue weighted by Gasteiger charge is -2.10. The van der Waals surface area contributed by atoms with Crippen LogP contribution in [0.25, 0.3) is 0 Å². The largest absolute Gasteiger partial charge is 0.383 e. The molecule has 0 aromatic heterocycles. The van der Waals surface area contributed by atoms with E-state index in [1.807, 2.05) is 0 Å². The number of ether oxygens (including phenoxy) is 1. The second-order valence-electron chi connectivity index (χ2n) is 3.81. The molecule has 0 aromatic carbocycles. The number of amidine groups is 1. The Labute approximate surface area is 104 Å². The molecule has 0 bridgehead atoms. The fourth-order valence-corrected chi connectivity index (χ4v) is 2.94. The third-order valence-corrected chi connectivity index (χ3v) is 3.80. The van der Waals surface area contributed by atoms with Gasteiger partial charge < -0.3 is 10.1 Å². The van der Waals surface area contributed by atoms with Gasteiger partial charge in [-0.1, -0.05) is 11.8 Å². The number of carbonyl (C=O) groups is 2. The summed E-state index contributed by atoms with van der Waals surface area (Å²) in [5, 5.41) is 3.17. The molecule has 2 amide bonds. The van der Waals surface area contributed by atoms with Crippen molar-refractivity contribution < 1.29 is 14.3 Å². The van der Waals surface area contributed by atoms with Crippen molar-refractivity contribution in [2.24, 2.45) is 4.99 Å². The molecule has 0 aliphatic carbocycles. The Kier molecular flexibility index (Phi) is 4.01. The fourth-order valence-electron chi connectivity index (χ4n) is 1.75. The summed E-state index contributed by atoms with van der Waals surface area (Å²) >= 11 is 1.39. The predicted molar refractivity (Wildman–Crippen MR) is 64.9 cm³/mol. The number of hydrogen-bond donors (Lipinski definition) is 1. The molecule has 2 rings (SSSR count). The first-order chi connectivity index (χ1) is 8.22. The highest BCUT2D eigenvalue weighted by Gasteiger charge is 2.40. The lowest BCUT2D eigenvalue weighted by molar-refractivity contribution is -0.129. The first-order valence-corrected chi connectivity index (χ1v) is 6.38. The lowest BCUT2D eigenvalue weighted by Crippen LogP contribution is -2.34. The molecule has 1 N–H and O–H groups in total. The molecule has 94 valence electrons. The van der Waals surface area contributed by atoms with Crippen LogP contribution in [0.2, 0.25) is 0 Å². The zero-order valence-electron chi connectivity index (χ0n) is 9.64. The number of nitrogens with one attached hydrogen (secondary N) is 1. The van der Waals surface area contributed by atoms with Crippen molar-refractivity contribution in [3.8, 4) is 0 Å². The van der Waals surface area contributed by atoms with Gasteiger partial charge in [0.15, 0.2) is 5.17 Å². The van der Waals surface area contributed by atoms with Crippen molar-refractivity contribution in [3.63, 3.8) is 0 Å². The van der Waals surface area contributed by atoms with Gasteiger partial charge in [-0.2, -0.15) is 0 Å². The highest BCUT2D eigenvalue weighted by molar-refractivity contribution is 8.15. The normalized spacial score (nSPS) is 22.6. The van der Waals surface area contributed by atoms with Gasteiger partial charge in [0, 0.05) is 26.6 Å². The Hall–Kier alpha value is -1.08. The van der Waals surface area contributed by atoms with Crippen molar-refractivity contribution >= 4 is 28.7 Å². The van der Waals surface area contributed by atoms with Gasteiger partial charge in [0.1, 0.15) is 5.25 Å². The summed E-state index contributed by atoms with van der Waals surface area (Å²) in [7, 11) is 1.58. The highest BCUT2D eigenvalue weighted by Crippen LogP contribution is 2.31. The van der Waals surface area contributed by atoms with Gasteiger partial charge in [-0.25, -0.2) is 0 Å². The van der Waals surface area contributed by atoms with Crippen LogP contribution >= 0.6 is 11.8 Å². The third kappa shape index (κ3) is 2.78. The van der Waals surface area contributed by atoms with Crippen molar-refractivity contribution in [2.75, 3.05) is 33.4 Å². The van der Waals surface area contributed by atoms with Crippen molar-refractivity contribution in [1.82, 2.24) is 10.2 Å². The van der Waals surface area contributed by atoms with Crippen LogP contribution in [0.15, 0.2) is 4.99 Å². The topological polar surface area (TPSA) is 71.0 Å². The third-order valence-electron chi connectivity index (χ3n) is 2.59. The number of hydrogen-bond acceptors (Lipinski definition) is 5. The summed E-state index contributed by atoms with van der Waals surface area (Å²) in [4.78, 5) is 29.3. The number of aliphatic imine (C=N–C) groups is 1. The van der Waals surface area contributed by atoms with Crippen molar-refractivity contribution in [1.29, 1.82) is 0 Å². The maximum atomic E-state index is 11.9. The minimum Gasteiger partial charge on any atom is -0.383 e. The molecule has 7 heteroatoms. The van der Waals surface area contributed by atoms with Crippen LogP contribution in [0.3, 0.4) is 0 Å². The molecular formula is C10H15N3O3S. The fraction of sp³-hybridized carbons (Fsp3) is 0.700. The molecule has 0 radical (unpaired) electrons. The number of fused-ring (bicyclic) bond motifs is 1. The molecule has 17 heavy (non-hydrogen) atoms. The van der Waals surface area contributed by atoms with Crippen LogP contribution < -0.4 is 5.32 Å². The number of nitrogens with zero attached hydrogens (tertiary/aromatic N) is 2. The van der Waals surface area contributed by atoms with Gasteiger partial charge in [0.05, 0.1) is 13.2 Å². The van der Waals surface area contributed by atoms with E-state index in [9.17, 15) is 9.59 Å². The van der Waals surface area contributed by atoms with E-state index in [2.05, 4.69) is 10.3 Å². The van der Waals surface area contributed by atoms with E-state index in [0.717, 1.165) is 5.17 Å². The molecule has 2 aliphatic rings. The SMILES string of the molecule is COCCNC(=O)C[C@H]1SC2=NCCN2C1=O. The standard InChI is InChI=1S/C10H15N3O3S/c1-16-5-3-11-8(14)6-7-9(15)13-4-2-12-10(13)17-7/h7H,2-6H2,1H3,(H,11,14)/t7-/m1/s1. The average Bonchev–Trinajstić information content (AvgIpc) is 2.84. The maximum Gasteiger partial charge on any atom is 0.242 e. The summed E-state index contributed by atoms with van der Waals surface area (Å²) in [5.41, 5.74) is 0. The van der Waals surface area contributed by atoms with Crippen molar-refractivity contribution in [3.05, 3.63) is 0 Å².